The first-order valence-corrected chi connectivity index (χ1v) is 11.3. The predicted molar refractivity (Wildman–Crippen MR) is 115 cm³/mol. The molecule has 3 amide bonds. The third-order valence-corrected chi connectivity index (χ3v) is 7.21. The van der Waals surface area contributed by atoms with Crippen molar-refractivity contribution in [1.29, 1.82) is 0 Å². The average Bonchev–Trinajstić information content (AvgIpc) is 3.05. The van der Waals surface area contributed by atoms with Crippen molar-refractivity contribution in [2.24, 2.45) is 11.7 Å². The van der Waals surface area contributed by atoms with E-state index in [2.05, 4.69) is 10.3 Å². The summed E-state index contributed by atoms with van der Waals surface area (Å²) in [5, 5.41) is 3.91. The minimum Gasteiger partial charge on any atom is -0.369 e. The number of anilines is 1. The summed E-state index contributed by atoms with van der Waals surface area (Å²) in [5.74, 6) is -0.791. The van der Waals surface area contributed by atoms with E-state index >= 15 is 0 Å². The van der Waals surface area contributed by atoms with E-state index in [1.165, 1.54) is 23.1 Å². The number of thiazole rings is 1. The zero-order chi connectivity index (χ0) is 21.0. The van der Waals surface area contributed by atoms with Gasteiger partial charge in [0, 0.05) is 23.7 Å². The Balaban J connectivity index is 1.61. The van der Waals surface area contributed by atoms with Crippen LogP contribution < -0.4 is 11.1 Å². The molecule has 1 atom stereocenters. The predicted octanol–water partition coefficient (Wildman–Crippen LogP) is 3.17. The fourth-order valence-corrected chi connectivity index (χ4v) is 5.07. The normalized spacial score (nSPS) is 16.5. The zero-order valence-corrected chi connectivity index (χ0v) is 18.2. The molecule has 0 bridgehead atoms. The number of primary amides is 1. The van der Waals surface area contributed by atoms with Crippen molar-refractivity contribution in [3.63, 3.8) is 0 Å². The Labute approximate surface area is 182 Å². The van der Waals surface area contributed by atoms with Crippen molar-refractivity contribution < 1.29 is 14.4 Å². The summed E-state index contributed by atoms with van der Waals surface area (Å²) in [6.45, 7) is 2.80. The van der Waals surface area contributed by atoms with E-state index in [1.807, 2.05) is 6.92 Å². The van der Waals surface area contributed by atoms with Crippen LogP contribution in [0.1, 0.15) is 28.9 Å². The molecular formula is C19H21ClN4O3S2. The van der Waals surface area contributed by atoms with Crippen molar-refractivity contribution in [1.82, 2.24) is 9.88 Å². The summed E-state index contributed by atoms with van der Waals surface area (Å²) in [4.78, 5) is 42.5. The van der Waals surface area contributed by atoms with Crippen LogP contribution in [0.3, 0.4) is 0 Å². The van der Waals surface area contributed by atoms with Crippen molar-refractivity contribution in [2.75, 3.05) is 24.2 Å². The Morgan fingerprint density at radius 2 is 2.07 bits per heavy atom. The number of nitrogens with one attached hydrogen (secondary N) is 1. The lowest BCUT2D eigenvalue weighted by molar-refractivity contribution is -0.121. The number of thioether (sulfide) groups is 1. The molecular weight excluding hydrogens is 432 g/mol. The van der Waals surface area contributed by atoms with Gasteiger partial charge in [-0.3, -0.25) is 14.4 Å². The fraction of sp³-hybridized carbons (Fsp3) is 0.368. The number of likely N-dealkylation sites (tertiary alicyclic amines) is 1. The van der Waals surface area contributed by atoms with Gasteiger partial charge in [0.15, 0.2) is 5.13 Å². The molecule has 3 rings (SSSR count). The Morgan fingerprint density at radius 1 is 1.34 bits per heavy atom. The Kier molecular flexibility index (Phi) is 7.15. The molecule has 1 aliphatic rings. The third-order valence-electron chi connectivity index (χ3n) is 4.50. The van der Waals surface area contributed by atoms with E-state index < -0.39 is 5.91 Å². The number of rotatable bonds is 6. The maximum Gasteiger partial charge on any atom is 0.253 e. The number of hydrogen-bond donors (Lipinski definition) is 2. The average molecular weight is 453 g/mol. The first-order valence-electron chi connectivity index (χ1n) is 9.07. The highest BCUT2D eigenvalue weighted by atomic mass is 35.5. The lowest BCUT2D eigenvalue weighted by Gasteiger charge is -2.32. The second kappa shape index (κ2) is 9.60. The van der Waals surface area contributed by atoms with E-state index in [-0.39, 0.29) is 23.5 Å². The highest BCUT2D eigenvalue weighted by Gasteiger charge is 2.29. The van der Waals surface area contributed by atoms with Crippen LogP contribution >= 0.6 is 34.7 Å². The molecule has 0 aliphatic carbocycles. The van der Waals surface area contributed by atoms with Gasteiger partial charge in [-0.25, -0.2) is 4.98 Å². The minimum atomic E-state index is -0.402. The topological polar surface area (TPSA) is 105 Å². The number of benzene rings is 1. The van der Waals surface area contributed by atoms with E-state index in [4.69, 9.17) is 17.3 Å². The van der Waals surface area contributed by atoms with Crippen LogP contribution in [-0.2, 0) is 9.59 Å². The number of hydrogen-bond acceptors (Lipinski definition) is 6. The van der Waals surface area contributed by atoms with Gasteiger partial charge < -0.3 is 16.0 Å². The number of nitrogens with two attached hydrogens (primary N) is 1. The van der Waals surface area contributed by atoms with Crippen LogP contribution in [0.4, 0.5) is 5.13 Å². The van der Waals surface area contributed by atoms with E-state index in [1.54, 1.807) is 29.2 Å². The maximum atomic E-state index is 12.7. The molecule has 2 aromatic rings. The monoisotopic (exact) mass is 452 g/mol. The number of nitrogens with zero attached hydrogens (tertiary/aromatic N) is 2. The van der Waals surface area contributed by atoms with Crippen LogP contribution in [0, 0.1) is 12.8 Å². The summed E-state index contributed by atoms with van der Waals surface area (Å²) in [7, 11) is 0. The zero-order valence-electron chi connectivity index (χ0n) is 15.8. The molecule has 3 N–H and O–H groups in total. The SMILES string of the molecule is Cc1nc(NC(=O)C2CCCN(C(=O)c3ccc(Cl)cc3)C2)sc1SCC(N)=O. The van der Waals surface area contributed by atoms with E-state index in [0.717, 1.165) is 16.3 Å². The summed E-state index contributed by atoms with van der Waals surface area (Å²) in [6.07, 6.45) is 1.47. The number of carbonyl (C=O) groups excluding carboxylic acids is 3. The van der Waals surface area contributed by atoms with Gasteiger partial charge in [0.25, 0.3) is 5.91 Å². The Bertz CT molecular complexity index is 917. The first kappa shape index (κ1) is 21.6. The van der Waals surface area contributed by atoms with Crippen LogP contribution in [0.25, 0.3) is 0 Å². The molecule has 2 heterocycles. The molecule has 0 spiro atoms. The van der Waals surface area contributed by atoms with Crippen LogP contribution in [0.5, 0.6) is 0 Å². The molecule has 0 saturated carbocycles. The summed E-state index contributed by atoms with van der Waals surface area (Å²) < 4.78 is 0.849. The standard InChI is InChI=1S/C19H21ClN4O3S2/c1-11-18(28-10-15(21)25)29-19(22-11)23-16(26)13-3-2-8-24(9-13)17(27)12-4-6-14(20)7-5-12/h4-7,13H,2-3,8-10H2,1H3,(H2,21,25)(H,22,23,26). The lowest BCUT2D eigenvalue weighted by atomic mass is 9.96. The number of carbonyl (C=O) groups is 3. The highest BCUT2D eigenvalue weighted by molar-refractivity contribution is 8.01. The smallest absolute Gasteiger partial charge is 0.253 e. The van der Waals surface area contributed by atoms with Gasteiger partial charge in [-0.05, 0) is 44.0 Å². The number of aryl methyl sites for hydroxylation is 1. The van der Waals surface area contributed by atoms with Gasteiger partial charge in [0.1, 0.15) is 0 Å². The molecule has 1 unspecified atom stereocenters. The van der Waals surface area contributed by atoms with E-state index in [0.29, 0.717) is 35.2 Å². The Morgan fingerprint density at radius 3 is 2.76 bits per heavy atom. The second-order valence-electron chi connectivity index (χ2n) is 6.73. The van der Waals surface area contributed by atoms with Crippen molar-refractivity contribution in [3.05, 3.63) is 40.5 Å². The molecule has 1 saturated heterocycles. The minimum absolute atomic E-state index is 0.102. The number of piperidine rings is 1. The molecule has 29 heavy (non-hydrogen) atoms. The highest BCUT2D eigenvalue weighted by Crippen LogP contribution is 2.32. The quantitative estimate of drug-likeness (QED) is 0.655. The largest absolute Gasteiger partial charge is 0.369 e. The van der Waals surface area contributed by atoms with Crippen LogP contribution in [-0.4, -0.2) is 46.4 Å². The molecule has 10 heteroatoms. The molecule has 1 fully saturated rings. The van der Waals surface area contributed by atoms with Crippen molar-refractivity contribution >= 4 is 57.6 Å². The summed E-state index contributed by atoms with van der Waals surface area (Å²) >= 11 is 8.51. The maximum absolute atomic E-state index is 12.7. The van der Waals surface area contributed by atoms with Crippen LogP contribution in [0.2, 0.25) is 5.02 Å². The van der Waals surface area contributed by atoms with Gasteiger partial charge in [0.2, 0.25) is 11.8 Å². The van der Waals surface area contributed by atoms with Crippen LogP contribution in [0.15, 0.2) is 28.5 Å². The van der Waals surface area contributed by atoms with Crippen molar-refractivity contribution in [3.8, 4) is 0 Å². The molecule has 154 valence electrons. The number of halogens is 1. The van der Waals surface area contributed by atoms with Gasteiger partial charge in [-0.15, -0.1) is 11.8 Å². The van der Waals surface area contributed by atoms with Gasteiger partial charge in [0.05, 0.1) is 21.6 Å². The Hall–Kier alpha value is -2.10. The molecule has 1 aliphatic heterocycles. The van der Waals surface area contributed by atoms with Gasteiger partial charge >= 0.3 is 0 Å². The molecule has 1 aromatic carbocycles. The molecule has 7 nitrogen and oxygen atoms in total. The first-order chi connectivity index (χ1) is 13.8. The second-order valence-corrected chi connectivity index (χ2v) is 9.41. The molecule has 1 aromatic heterocycles. The number of amides is 3. The molecule has 0 radical (unpaired) electrons. The van der Waals surface area contributed by atoms with Gasteiger partial charge in [-0.1, -0.05) is 22.9 Å². The third kappa shape index (κ3) is 5.71. The van der Waals surface area contributed by atoms with E-state index in [9.17, 15) is 14.4 Å². The fourth-order valence-electron chi connectivity index (χ4n) is 3.06. The number of aromatic nitrogens is 1. The lowest BCUT2D eigenvalue weighted by Crippen LogP contribution is -2.43. The van der Waals surface area contributed by atoms with Gasteiger partial charge in [-0.2, -0.15) is 0 Å². The van der Waals surface area contributed by atoms with Crippen molar-refractivity contribution in [2.45, 2.75) is 24.0 Å². The summed E-state index contributed by atoms with van der Waals surface area (Å²) in [6, 6.07) is 6.75. The summed E-state index contributed by atoms with van der Waals surface area (Å²) in [5.41, 5.74) is 6.49.